The van der Waals surface area contributed by atoms with E-state index in [2.05, 4.69) is 24.3 Å². The molecule has 2 nitrogen and oxygen atoms in total. The summed E-state index contributed by atoms with van der Waals surface area (Å²) >= 11 is 0. The number of phenols is 2. The van der Waals surface area contributed by atoms with Gasteiger partial charge in [0.25, 0.3) is 0 Å². The molecule has 0 atom stereocenters. The van der Waals surface area contributed by atoms with E-state index in [1.165, 1.54) is 0 Å². The van der Waals surface area contributed by atoms with Crippen molar-refractivity contribution in [2.24, 2.45) is 0 Å². The SMILES string of the molecule is Oc1ccccc1[Si](c1ccccc1)(c1ccccc1)c1ccccc1O. The highest BCUT2D eigenvalue weighted by Gasteiger charge is 2.44. The lowest BCUT2D eigenvalue weighted by molar-refractivity contribution is 0.478. The zero-order valence-electron chi connectivity index (χ0n) is 14.8. The van der Waals surface area contributed by atoms with Crippen molar-refractivity contribution in [3.05, 3.63) is 109 Å². The third-order valence-electron chi connectivity index (χ3n) is 5.03. The monoisotopic (exact) mass is 368 g/mol. The van der Waals surface area contributed by atoms with Crippen LogP contribution in [0.15, 0.2) is 109 Å². The fourth-order valence-electron chi connectivity index (χ4n) is 3.89. The normalized spacial score (nSPS) is 11.3. The Morgan fingerprint density at radius 2 is 0.741 bits per heavy atom. The summed E-state index contributed by atoms with van der Waals surface area (Å²) in [5.74, 6) is 0.500. The predicted molar refractivity (Wildman–Crippen MR) is 113 cm³/mol. The second-order valence-corrected chi connectivity index (χ2v) is 10.2. The fourth-order valence-corrected chi connectivity index (χ4v) is 8.77. The molecule has 27 heavy (non-hydrogen) atoms. The highest BCUT2D eigenvalue weighted by molar-refractivity contribution is 7.20. The van der Waals surface area contributed by atoms with E-state index < -0.39 is 8.07 Å². The highest BCUT2D eigenvalue weighted by Crippen LogP contribution is 2.19. The minimum Gasteiger partial charge on any atom is -0.508 e. The number of aromatic hydroxyl groups is 2. The van der Waals surface area contributed by atoms with Crippen molar-refractivity contribution in [2.45, 2.75) is 0 Å². The molecule has 0 unspecified atom stereocenters. The first-order valence-corrected chi connectivity index (χ1v) is 10.9. The van der Waals surface area contributed by atoms with Gasteiger partial charge in [-0.2, -0.15) is 0 Å². The summed E-state index contributed by atoms with van der Waals surface area (Å²) in [4.78, 5) is 0. The molecule has 0 aliphatic rings. The van der Waals surface area contributed by atoms with Crippen LogP contribution >= 0.6 is 0 Å². The zero-order chi connectivity index (χ0) is 18.7. The van der Waals surface area contributed by atoms with Crippen LogP contribution in [0.2, 0.25) is 0 Å². The molecule has 0 heterocycles. The standard InChI is InChI=1S/C24H20O2Si/c25-21-15-7-9-17-23(21)27(19-11-3-1-4-12-19,20-13-5-2-6-14-20)24-18-10-8-16-22(24)26/h1-18,25-26H. The minimum atomic E-state index is -2.89. The Bertz CT molecular complexity index is 959. The maximum atomic E-state index is 10.9. The molecule has 4 aromatic carbocycles. The molecular formula is C24H20O2Si. The van der Waals surface area contributed by atoms with E-state index in [0.717, 1.165) is 20.7 Å². The van der Waals surface area contributed by atoms with Gasteiger partial charge in [-0.25, -0.2) is 0 Å². The minimum absolute atomic E-state index is 0.250. The van der Waals surface area contributed by atoms with Crippen molar-refractivity contribution in [3.63, 3.8) is 0 Å². The molecule has 0 amide bonds. The highest BCUT2D eigenvalue weighted by atomic mass is 28.3. The second-order valence-electron chi connectivity index (χ2n) is 6.52. The quantitative estimate of drug-likeness (QED) is 0.429. The van der Waals surface area contributed by atoms with E-state index in [0.29, 0.717) is 0 Å². The van der Waals surface area contributed by atoms with Crippen LogP contribution in [0.25, 0.3) is 0 Å². The molecule has 132 valence electrons. The zero-order valence-corrected chi connectivity index (χ0v) is 15.8. The first kappa shape index (κ1) is 17.1. The molecule has 0 saturated carbocycles. The Morgan fingerprint density at radius 3 is 1.11 bits per heavy atom. The van der Waals surface area contributed by atoms with Gasteiger partial charge in [0.1, 0.15) is 11.5 Å². The second kappa shape index (κ2) is 7.14. The van der Waals surface area contributed by atoms with Gasteiger partial charge in [-0.15, -0.1) is 0 Å². The summed E-state index contributed by atoms with van der Waals surface area (Å²) < 4.78 is 0. The maximum absolute atomic E-state index is 10.9. The van der Waals surface area contributed by atoms with Gasteiger partial charge in [0.2, 0.25) is 0 Å². The van der Waals surface area contributed by atoms with E-state index >= 15 is 0 Å². The Labute approximate surface area is 160 Å². The summed E-state index contributed by atoms with van der Waals surface area (Å²) in [5.41, 5.74) is 0. The third-order valence-corrected chi connectivity index (χ3v) is 9.89. The van der Waals surface area contributed by atoms with Crippen molar-refractivity contribution >= 4 is 28.8 Å². The van der Waals surface area contributed by atoms with Crippen molar-refractivity contribution in [1.29, 1.82) is 0 Å². The Hall–Kier alpha value is -3.30. The third kappa shape index (κ3) is 2.82. The van der Waals surface area contributed by atoms with Gasteiger partial charge in [-0.3, -0.25) is 0 Å². The molecule has 0 fully saturated rings. The molecule has 0 spiro atoms. The van der Waals surface area contributed by atoms with Gasteiger partial charge in [0.05, 0.1) is 0 Å². The van der Waals surface area contributed by atoms with Crippen LogP contribution in [0, 0.1) is 0 Å². The number of rotatable bonds is 4. The van der Waals surface area contributed by atoms with Crippen molar-refractivity contribution in [1.82, 2.24) is 0 Å². The summed E-state index contributed by atoms with van der Waals surface area (Å²) in [6.07, 6.45) is 0. The molecule has 4 aromatic rings. The predicted octanol–water partition coefficient (Wildman–Crippen LogP) is 2.48. The van der Waals surface area contributed by atoms with E-state index in [1.807, 2.05) is 72.8 Å². The summed E-state index contributed by atoms with van der Waals surface area (Å²) in [6, 6.07) is 35.4. The van der Waals surface area contributed by atoms with Crippen LogP contribution in [0.1, 0.15) is 0 Å². The lowest BCUT2D eigenvalue weighted by Crippen LogP contribution is -2.74. The van der Waals surface area contributed by atoms with Crippen molar-refractivity contribution < 1.29 is 10.2 Å². The van der Waals surface area contributed by atoms with Crippen LogP contribution < -0.4 is 20.7 Å². The van der Waals surface area contributed by atoms with Gasteiger partial charge in [0, 0.05) is 0 Å². The van der Waals surface area contributed by atoms with E-state index in [-0.39, 0.29) is 11.5 Å². The average Bonchev–Trinajstić information content (AvgIpc) is 2.73. The van der Waals surface area contributed by atoms with Gasteiger partial charge < -0.3 is 10.2 Å². The lowest BCUT2D eigenvalue weighted by Gasteiger charge is -2.35. The number of hydrogen-bond acceptors (Lipinski definition) is 2. The summed E-state index contributed by atoms with van der Waals surface area (Å²) in [5, 5.41) is 25.7. The smallest absolute Gasteiger partial charge is 0.188 e. The Balaban J connectivity index is 2.20. The van der Waals surface area contributed by atoms with Crippen LogP contribution in [0.3, 0.4) is 0 Å². The number of para-hydroxylation sites is 2. The van der Waals surface area contributed by atoms with Crippen molar-refractivity contribution in [3.8, 4) is 11.5 Å². The molecule has 0 aromatic heterocycles. The summed E-state index contributed by atoms with van der Waals surface area (Å²) in [7, 11) is -2.89. The molecule has 4 rings (SSSR count). The van der Waals surface area contributed by atoms with Crippen LogP contribution in [0.5, 0.6) is 11.5 Å². The molecule has 0 bridgehead atoms. The molecule has 2 N–H and O–H groups in total. The molecule has 0 saturated heterocycles. The molecule has 3 heteroatoms. The summed E-state index contributed by atoms with van der Waals surface area (Å²) in [6.45, 7) is 0. The first-order chi connectivity index (χ1) is 13.2. The first-order valence-electron chi connectivity index (χ1n) is 8.92. The van der Waals surface area contributed by atoms with E-state index in [9.17, 15) is 10.2 Å². The lowest BCUT2D eigenvalue weighted by atomic mass is 10.3. The molecular weight excluding hydrogens is 348 g/mol. The fraction of sp³-hybridized carbons (Fsp3) is 0. The molecule has 0 aliphatic heterocycles. The van der Waals surface area contributed by atoms with Crippen molar-refractivity contribution in [2.75, 3.05) is 0 Å². The van der Waals surface area contributed by atoms with Gasteiger partial charge in [-0.05, 0) is 32.9 Å². The average molecular weight is 369 g/mol. The van der Waals surface area contributed by atoms with Crippen LogP contribution in [-0.2, 0) is 0 Å². The van der Waals surface area contributed by atoms with Crippen LogP contribution in [-0.4, -0.2) is 18.3 Å². The molecule has 0 aliphatic carbocycles. The topological polar surface area (TPSA) is 40.5 Å². The largest absolute Gasteiger partial charge is 0.508 e. The van der Waals surface area contributed by atoms with Gasteiger partial charge >= 0.3 is 0 Å². The van der Waals surface area contributed by atoms with E-state index in [1.54, 1.807) is 12.1 Å². The molecule has 0 radical (unpaired) electrons. The Morgan fingerprint density at radius 1 is 0.407 bits per heavy atom. The number of phenolic OH excluding ortho intramolecular Hbond substituents is 2. The van der Waals surface area contributed by atoms with E-state index in [4.69, 9.17) is 0 Å². The van der Waals surface area contributed by atoms with Gasteiger partial charge in [-0.1, -0.05) is 97.1 Å². The Kier molecular flexibility index (Phi) is 4.53. The number of hydrogen-bond donors (Lipinski definition) is 2. The van der Waals surface area contributed by atoms with Gasteiger partial charge in [0.15, 0.2) is 8.07 Å². The maximum Gasteiger partial charge on any atom is 0.188 e. The van der Waals surface area contributed by atoms with Crippen LogP contribution in [0.4, 0.5) is 0 Å². The number of benzene rings is 4.